The lowest BCUT2D eigenvalue weighted by Gasteiger charge is -2.67. The molecule has 30 heteroatoms. The van der Waals surface area contributed by atoms with Crippen molar-refractivity contribution in [3.8, 4) is 17.2 Å². The zero-order valence-electron chi connectivity index (χ0n) is 64.1. The molecule has 17 atom stereocenters. The number of carbonyl (C=O) groups is 12. The summed E-state index contributed by atoms with van der Waals surface area (Å²) in [4.78, 5) is 173. The number of esters is 5. The number of ketones is 4. The number of phenolic OH excluding ortho intramolecular Hbond substituents is 2. The monoisotopic (exact) mass is 1580 g/mol. The van der Waals surface area contributed by atoms with E-state index in [1.807, 2.05) is 0 Å². The number of fused-ring (bicyclic) bond motifs is 8. The molecule has 2 saturated heterocycles. The molecule has 2 bridgehead atoms. The number of amides is 3. The normalized spacial score (nSPS) is 28.7. The van der Waals surface area contributed by atoms with Crippen LogP contribution in [0.4, 0.5) is 0 Å². The second-order valence-corrected chi connectivity index (χ2v) is 30.9. The lowest BCUT2D eigenvalue weighted by atomic mass is 9.44. The van der Waals surface area contributed by atoms with E-state index in [-0.39, 0.29) is 73.4 Å². The van der Waals surface area contributed by atoms with Gasteiger partial charge in [0.05, 0.1) is 89.1 Å². The number of Topliss-reactive ketones (excluding diaryl/α,β-unsaturated/α-hetero) is 2. The topological polar surface area (TPSA) is 445 Å². The smallest absolute Gasteiger partial charge is 0.338 e. The molecule has 6 aromatic rings. The first-order chi connectivity index (χ1) is 54.5. The second-order valence-electron chi connectivity index (χ2n) is 30.9. The van der Waals surface area contributed by atoms with E-state index < -0.39 is 245 Å². The van der Waals surface area contributed by atoms with Crippen LogP contribution in [0, 0.1) is 16.7 Å². The van der Waals surface area contributed by atoms with Crippen molar-refractivity contribution in [2.24, 2.45) is 16.7 Å². The number of carbonyl (C=O) groups excluding carboxylic acids is 12. The third-order valence-corrected chi connectivity index (χ3v) is 23.8. The minimum absolute atomic E-state index is 0.00264. The number of aromatic hydroxyl groups is 2. The number of rotatable bonds is 21. The van der Waals surface area contributed by atoms with Crippen molar-refractivity contribution in [2.45, 2.75) is 184 Å². The molecule has 6 aromatic carbocycles. The first kappa shape index (κ1) is 81.6. The quantitative estimate of drug-likeness (QED) is 0.0174. The molecule has 5 aliphatic carbocycles. The van der Waals surface area contributed by atoms with Crippen molar-refractivity contribution in [3.63, 3.8) is 0 Å². The van der Waals surface area contributed by atoms with Gasteiger partial charge in [0.15, 0.2) is 41.4 Å². The Hall–Kier alpha value is -11.4. The fourth-order valence-electron chi connectivity index (χ4n) is 17.8. The number of aliphatic hydroxyl groups is 4. The highest BCUT2D eigenvalue weighted by atomic mass is 16.7. The summed E-state index contributed by atoms with van der Waals surface area (Å²) in [6.07, 6.45) is -20.0. The van der Waals surface area contributed by atoms with E-state index >= 15 is 4.79 Å². The van der Waals surface area contributed by atoms with Crippen LogP contribution in [0.2, 0.25) is 0 Å². The summed E-state index contributed by atoms with van der Waals surface area (Å²) >= 11 is 0. The Labute approximate surface area is 658 Å². The summed E-state index contributed by atoms with van der Waals surface area (Å²) in [7, 11) is 1.28. The minimum atomic E-state index is -2.64. The number of phenols is 2. The summed E-state index contributed by atoms with van der Waals surface area (Å²) in [5.41, 5.74) is -13.4. The van der Waals surface area contributed by atoms with Crippen LogP contribution in [0.5, 0.6) is 17.2 Å². The summed E-state index contributed by atoms with van der Waals surface area (Å²) in [5, 5.41) is 82.0. The second kappa shape index (κ2) is 31.4. The number of benzene rings is 6. The van der Waals surface area contributed by atoms with E-state index in [4.69, 9.17) is 42.6 Å². The van der Waals surface area contributed by atoms with E-state index in [1.54, 1.807) is 54.6 Å². The van der Waals surface area contributed by atoms with Gasteiger partial charge in [-0.15, -0.1) is 0 Å². The summed E-state index contributed by atoms with van der Waals surface area (Å²) in [6, 6.07) is 30.5. The zero-order valence-corrected chi connectivity index (χ0v) is 64.1. The highest BCUT2D eigenvalue weighted by molar-refractivity contribution is 6.31. The lowest BCUT2D eigenvalue weighted by molar-refractivity contribution is -0.346. The van der Waals surface area contributed by atoms with Gasteiger partial charge in [0.25, 0.3) is 17.7 Å². The van der Waals surface area contributed by atoms with Crippen LogP contribution in [0.25, 0.3) is 0 Å². The average Bonchev–Trinajstić information content (AvgIpc) is 0.666. The Bertz CT molecular complexity index is 5010. The third kappa shape index (κ3) is 14.4. The Morgan fingerprint density at radius 1 is 0.678 bits per heavy atom. The van der Waals surface area contributed by atoms with Gasteiger partial charge in [0.2, 0.25) is 5.78 Å². The molecular formula is C85H87N3O27. The highest BCUT2D eigenvalue weighted by Gasteiger charge is 2.79. The standard InChI is InChI=1S/C85H87N3O27/c1-40-54(112-80(104)71(98)65(45-22-13-10-14-23-45)88-76(100)46-24-15-11-16-25-46)38-85(106)75(114-79(103)47-26-17-12-18-27-47)73-82(8,74(99)72(110-43(4)90)64(40)81(85,6)7)56(35-57-84(73,39-108-57)115-44(5)91)113-58(92)32-33-86-77(101)48-28-19-20-29-49(48)78(102)87-52-34-59(109-41(2)66(52)93)111-55-37-83(105,42(3)89)36-51-61(55)70(97)63-62(68(51)95)67(94)50-30-21-31-53(107-9)60(50)69(63)96/h10-31,41,52,54-57,59,65-66,71-73,75,93,95,97-98,105-106H,32-39H2,1-9H3,(H,86,101)(H,87,102)(H,88,100)/t41-,52-,54-,55-,56-,57+,59-,65-,66+,71+,72+,73?,75-,82+,83-,84-,85+/m0/s1. The van der Waals surface area contributed by atoms with Crippen molar-refractivity contribution in [1.29, 1.82) is 0 Å². The van der Waals surface area contributed by atoms with Crippen LogP contribution >= 0.6 is 0 Å². The molecule has 30 nitrogen and oxygen atoms in total. The van der Waals surface area contributed by atoms with Gasteiger partial charge in [-0.3, -0.25) is 47.9 Å². The molecule has 0 aromatic heterocycles. The molecule has 115 heavy (non-hydrogen) atoms. The number of aliphatic hydroxyl groups excluding tert-OH is 2. The first-order valence-electron chi connectivity index (χ1n) is 37.5. The summed E-state index contributed by atoms with van der Waals surface area (Å²) < 4.78 is 55.6. The maximum Gasteiger partial charge on any atom is 0.338 e. The van der Waals surface area contributed by atoms with Crippen LogP contribution < -0.4 is 20.7 Å². The third-order valence-electron chi connectivity index (χ3n) is 23.8. The number of methoxy groups -OCH3 is 1. The fraction of sp³-hybridized carbons (Fsp3) is 0.412. The summed E-state index contributed by atoms with van der Waals surface area (Å²) in [5.74, 6) is -14.9. The zero-order chi connectivity index (χ0) is 82.9. The SMILES string of the molecule is COc1cccc2c1C(=O)c1c(O)c3c(c(O)c1C2=O)C[C@@](O)(C(C)=O)C[C@@H]3O[C@H]1C[C@H](NC(=O)c2ccccc2C(=O)NCCC(=O)O[C@H]2C[C@H]3OC[C@@]3(OC(C)=O)C3[C@H](OC(=O)c4ccccc4)[C@]4(O)C[C@H](OC(=O)[C@H](O)[C@@H](NC(=O)c5ccccc5)c5ccccc5)C(C)=C([C@@H](OC(C)=O)C(=O)[C@@]32C)C4(C)C)[C@H](O)[C@H](C)O1. The van der Waals surface area contributed by atoms with E-state index in [2.05, 4.69) is 16.0 Å². The molecule has 9 N–H and O–H groups in total. The van der Waals surface area contributed by atoms with Crippen molar-refractivity contribution in [1.82, 2.24) is 16.0 Å². The Balaban J connectivity index is 0.766. The van der Waals surface area contributed by atoms with Crippen LogP contribution in [0.1, 0.15) is 190 Å². The number of nitrogens with one attached hydrogen (secondary N) is 3. The Morgan fingerprint density at radius 3 is 1.92 bits per heavy atom. The molecule has 2 saturated carbocycles. The van der Waals surface area contributed by atoms with Crippen LogP contribution in [0.3, 0.4) is 0 Å². The van der Waals surface area contributed by atoms with Gasteiger partial charge in [-0.2, -0.15) is 0 Å². The molecule has 3 amide bonds. The van der Waals surface area contributed by atoms with Gasteiger partial charge >= 0.3 is 29.8 Å². The molecule has 1 unspecified atom stereocenters. The van der Waals surface area contributed by atoms with Gasteiger partial charge in [-0.25, -0.2) is 9.59 Å². The Morgan fingerprint density at radius 2 is 1.30 bits per heavy atom. The lowest BCUT2D eigenvalue weighted by Crippen LogP contribution is -2.82. The fourth-order valence-corrected chi connectivity index (χ4v) is 17.8. The van der Waals surface area contributed by atoms with Gasteiger partial charge in [-0.1, -0.05) is 105 Å². The maximum absolute atomic E-state index is 16.7. The first-order valence-corrected chi connectivity index (χ1v) is 37.5. The number of ether oxygens (including phenoxy) is 9. The van der Waals surface area contributed by atoms with E-state index in [1.165, 1.54) is 121 Å². The minimum Gasteiger partial charge on any atom is -0.507 e. The predicted molar refractivity (Wildman–Crippen MR) is 399 cm³/mol. The van der Waals surface area contributed by atoms with Crippen molar-refractivity contribution >= 4 is 70.7 Å². The molecule has 4 fully saturated rings. The Kier molecular flexibility index (Phi) is 22.3. The summed E-state index contributed by atoms with van der Waals surface area (Å²) in [6.45, 7) is 9.33. The molecular weight excluding hydrogens is 1490 g/mol. The van der Waals surface area contributed by atoms with Gasteiger partial charge in [0.1, 0.15) is 59.0 Å². The van der Waals surface area contributed by atoms with E-state index in [0.29, 0.717) is 0 Å². The molecule has 0 radical (unpaired) electrons. The van der Waals surface area contributed by atoms with Crippen LogP contribution in [-0.4, -0.2) is 200 Å². The average molecular weight is 1580 g/mol. The van der Waals surface area contributed by atoms with Gasteiger partial charge in [-0.05, 0) is 86.9 Å². The van der Waals surface area contributed by atoms with Crippen molar-refractivity contribution in [3.05, 3.63) is 206 Å². The highest BCUT2D eigenvalue weighted by Crippen LogP contribution is 2.65. The molecule has 604 valence electrons. The molecule has 2 aliphatic heterocycles. The molecule has 13 rings (SSSR count). The van der Waals surface area contributed by atoms with Crippen LogP contribution in [-0.2, 0) is 73.1 Å². The van der Waals surface area contributed by atoms with Gasteiger partial charge < -0.3 is 89.2 Å². The maximum atomic E-state index is 16.7. The number of hydrogen-bond acceptors (Lipinski definition) is 27. The predicted octanol–water partition coefficient (Wildman–Crippen LogP) is 5.92. The molecule has 7 aliphatic rings. The van der Waals surface area contributed by atoms with Crippen molar-refractivity contribution < 1.29 is 131 Å². The van der Waals surface area contributed by atoms with E-state index in [0.717, 1.165) is 20.8 Å². The van der Waals surface area contributed by atoms with Crippen molar-refractivity contribution in [2.75, 3.05) is 20.3 Å². The number of hydrogen-bond donors (Lipinski definition) is 9. The molecule has 2 heterocycles. The van der Waals surface area contributed by atoms with Crippen LogP contribution in [0.15, 0.2) is 145 Å². The van der Waals surface area contributed by atoms with E-state index in [9.17, 15) is 83.4 Å². The molecule has 0 spiro atoms. The van der Waals surface area contributed by atoms with Gasteiger partial charge in [0, 0.05) is 80.2 Å². The largest absolute Gasteiger partial charge is 0.507 e.